The van der Waals surface area contributed by atoms with Gasteiger partial charge in [0.2, 0.25) is 5.75 Å². The summed E-state index contributed by atoms with van der Waals surface area (Å²) in [4.78, 5) is 34.9. The van der Waals surface area contributed by atoms with Crippen molar-refractivity contribution in [1.29, 1.82) is 0 Å². The molecule has 0 aliphatic rings. The van der Waals surface area contributed by atoms with E-state index in [-0.39, 0.29) is 22.1 Å². The summed E-state index contributed by atoms with van der Waals surface area (Å²) in [5.74, 6) is -0.731. The van der Waals surface area contributed by atoms with E-state index in [0.29, 0.717) is 13.1 Å². The quantitative estimate of drug-likeness (QED) is 0.472. The molecule has 0 fully saturated rings. The third-order valence-electron chi connectivity index (χ3n) is 2.84. The molecule has 0 aromatic heterocycles. The maximum absolute atomic E-state index is 11.9. The first kappa shape index (κ1) is 16.9. The maximum atomic E-state index is 11.9. The van der Waals surface area contributed by atoms with E-state index in [1.54, 1.807) is 13.8 Å². The number of rotatable bonds is 5. The van der Waals surface area contributed by atoms with E-state index in [1.165, 1.54) is 17.9 Å². The van der Waals surface area contributed by atoms with Crippen LogP contribution < -0.4 is 4.74 Å². The molecule has 8 heteroatoms. The molecule has 0 atom stereocenters. The van der Waals surface area contributed by atoms with E-state index in [2.05, 4.69) is 0 Å². The molecule has 0 radical (unpaired) electrons. The predicted molar refractivity (Wildman–Crippen MR) is 77.1 cm³/mol. The lowest BCUT2D eigenvalue weighted by atomic mass is 10.1. The van der Waals surface area contributed by atoms with Gasteiger partial charge in [0.15, 0.2) is 5.78 Å². The summed E-state index contributed by atoms with van der Waals surface area (Å²) in [7, 11) is 0. The SMILES string of the molecule is CCN(CC)C(=O)Oc1c(Cl)cc(C(C)=O)cc1[N+](=O)[O-]. The highest BCUT2D eigenvalue weighted by Crippen LogP contribution is 2.36. The molecule has 0 N–H and O–H groups in total. The Hall–Kier alpha value is -2.15. The highest BCUT2D eigenvalue weighted by Gasteiger charge is 2.25. The first-order chi connectivity index (χ1) is 9.81. The van der Waals surface area contributed by atoms with Crippen molar-refractivity contribution < 1.29 is 19.2 Å². The van der Waals surface area contributed by atoms with Gasteiger partial charge in [0, 0.05) is 24.7 Å². The molecule has 114 valence electrons. The van der Waals surface area contributed by atoms with Crippen LogP contribution in [0, 0.1) is 10.1 Å². The van der Waals surface area contributed by atoms with Crippen molar-refractivity contribution in [3.63, 3.8) is 0 Å². The number of ether oxygens (including phenoxy) is 1. The fourth-order valence-corrected chi connectivity index (χ4v) is 1.91. The number of nitrogens with zero attached hydrogens (tertiary/aromatic N) is 2. The number of amides is 1. The zero-order valence-electron chi connectivity index (χ0n) is 11.9. The zero-order valence-corrected chi connectivity index (χ0v) is 12.6. The number of hydrogen-bond donors (Lipinski definition) is 0. The Morgan fingerprint density at radius 1 is 1.33 bits per heavy atom. The summed E-state index contributed by atoms with van der Waals surface area (Å²) in [5, 5.41) is 10.9. The van der Waals surface area contributed by atoms with Crippen LogP contribution in [-0.4, -0.2) is 34.8 Å². The van der Waals surface area contributed by atoms with Crippen LogP contribution in [0.15, 0.2) is 12.1 Å². The van der Waals surface area contributed by atoms with Gasteiger partial charge in [-0.05, 0) is 26.8 Å². The van der Waals surface area contributed by atoms with Gasteiger partial charge < -0.3 is 9.64 Å². The van der Waals surface area contributed by atoms with Crippen LogP contribution in [0.1, 0.15) is 31.1 Å². The van der Waals surface area contributed by atoms with Crippen molar-refractivity contribution in [2.24, 2.45) is 0 Å². The van der Waals surface area contributed by atoms with E-state index < -0.39 is 16.7 Å². The Labute approximate surface area is 126 Å². The van der Waals surface area contributed by atoms with E-state index >= 15 is 0 Å². The van der Waals surface area contributed by atoms with Gasteiger partial charge in [-0.1, -0.05) is 11.6 Å². The van der Waals surface area contributed by atoms with Crippen LogP contribution in [0.2, 0.25) is 5.02 Å². The van der Waals surface area contributed by atoms with Crippen LogP contribution in [0.3, 0.4) is 0 Å². The first-order valence-electron chi connectivity index (χ1n) is 6.27. The number of nitro groups is 1. The second-order valence-electron chi connectivity index (χ2n) is 4.16. The van der Waals surface area contributed by atoms with Gasteiger partial charge in [-0.2, -0.15) is 0 Å². The molecule has 0 unspecified atom stereocenters. The Bertz CT molecular complexity index is 584. The van der Waals surface area contributed by atoms with Gasteiger partial charge in [0.1, 0.15) is 0 Å². The van der Waals surface area contributed by atoms with Crippen molar-refractivity contribution in [1.82, 2.24) is 4.90 Å². The van der Waals surface area contributed by atoms with Crippen LogP contribution in [0.4, 0.5) is 10.5 Å². The van der Waals surface area contributed by atoms with Crippen LogP contribution in [0.25, 0.3) is 0 Å². The molecule has 0 bridgehead atoms. The summed E-state index contributed by atoms with van der Waals surface area (Å²) in [6, 6.07) is 2.28. The average molecular weight is 315 g/mol. The zero-order chi connectivity index (χ0) is 16.2. The molecule has 21 heavy (non-hydrogen) atoms. The number of benzene rings is 1. The van der Waals surface area contributed by atoms with E-state index in [9.17, 15) is 19.7 Å². The van der Waals surface area contributed by atoms with Gasteiger partial charge in [-0.15, -0.1) is 0 Å². The van der Waals surface area contributed by atoms with Crippen LogP contribution >= 0.6 is 11.6 Å². The maximum Gasteiger partial charge on any atom is 0.415 e. The highest BCUT2D eigenvalue weighted by molar-refractivity contribution is 6.33. The number of Topliss-reactive ketones (excluding diaryl/α,β-unsaturated/α-hetero) is 1. The monoisotopic (exact) mass is 314 g/mol. The Morgan fingerprint density at radius 3 is 2.33 bits per heavy atom. The molecule has 0 saturated heterocycles. The van der Waals surface area contributed by atoms with E-state index in [4.69, 9.17) is 16.3 Å². The van der Waals surface area contributed by atoms with Crippen molar-refractivity contribution in [2.45, 2.75) is 20.8 Å². The molecular weight excluding hydrogens is 300 g/mol. The minimum Gasteiger partial charge on any atom is -0.401 e. The lowest BCUT2D eigenvalue weighted by Gasteiger charge is -2.18. The van der Waals surface area contributed by atoms with Gasteiger partial charge in [-0.25, -0.2) is 4.79 Å². The molecule has 1 amide bonds. The summed E-state index contributed by atoms with van der Waals surface area (Å²) in [5.41, 5.74) is -0.442. The molecule has 7 nitrogen and oxygen atoms in total. The average Bonchev–Trinajstić information content (AvgIpc) is 2.41. The highest BCUT2D eigenvalue weighted by atomic mass is 35.5. The summed E-state index contributed by atoms with van der Waals surface area (Å²) < 4.78 is 5.02. The van der Waals surface area contributed by atoms with Crippen molar-refractivity contribution in [3.8, 4) is 5.75 Å². The number of carbonyl (C=O) groups excluding carboxylic acids is 2. The topological polar surface area (TPSA) is 89.8 Å². The molecule has 0 aliphatic heterocycles. The molecule has 0 aliphatic carbocycles. The first-order valence-corrected chi connectivity index (χ1v) is 6.65. The standard InChI is InChI=1S/C13H15ClN2O5/c1-4-15(5-2)13(18)21-12-10(14)6-9(8(3)17)7-11(12)16(19)20/h6-7H,4-5H2,1-3H3. The molecular formula is C13H15ClN2O5. The third kappa shape index (κ3) is 3.91. The molecule has 1 rings (SSSR count). The van der Waals surface area contributed by atoms with Crippen molar-refractivity contribution >= 4 is 29.2 Å². The number of nitro benzene ring substituents is 1. The van der Waals surface area contributed by atoms with E-state index in [1.807, 2.05) is 0 Å². The van der Waals surface area contributed by atoms with Crippen molar-refractivity contribution in [3.05, 3.63) is 32.8 Å². The smallest absolute Gasteiger partial charge is 0.401 e. The summed E-state index contributed by atoms with van der Waals surface area (Å²) in [6.07, 6.45) is -0.736. The van der Waals surface area contributed by atoms with Gasteiger partial charge in [-0.3, -0.25) is 14.9 Å². The summed E-state index contributed by atoms with van der Waals surface area (Å²) in [6.45, 7) is 5.55. The lowest BCUT2D eigenvalue weighted by Crippen LogP contribution is -2.33. The summed E-state index contributed by atoms with van der Waals surface area (Å²) >= 11 is 5.91. The lowest BCUT2D eigenvalue weighted by molar-refractivity contribution is -0.385. The Balaban J connectivity index is 3.26. The fraction of sp³-hybridized carbons (Fsp3) is 0.385. The second-order valence-corrected chi connectivity index (χ2v) is 4.57. The number of ketones is 1. The van der Waals surface area contributed by atoms with Crippen molar-refractivity contribution in [2.75, 3.05) is 13.1 Å². The number of halogens is 1. The van der Waals surface area contributed by atoms with Crippen LogP contribution in [-0.2, 0) is 0 Å². The Kier molecular flexibility index (Phi) is 5.66. The minimum atomic E-state index is -0.747. The minimum absolute atomic E-state index is 0.0781. The van der Waals surface area contributed by atoms with Gasteiger partial charge in [0.25, 0.3) is 0 Å². The molecule has 1 aromatic rings. The number of carbonyl (C=O) groups is 2. The number of hydrogen-bond acceptors (Lipinski definition) is 5. The fourth-order valence-electron chi connectivity index (χ4n) is 1.65. The second kappa shape index (κ2) is 7.03. The molecule has 0 heterocycles. The molecule has 0 saturated carbocycles. The largest absolute Gasteiger partial charge is 0.415 e. The van der Waals surface area contributed by atoms with E-state index in [0.717, 1.165) is 6.07 Å². The van der Waals surface area contributed by atoms with Crippen LogP contribution in [0.5, 0.6) is 5.75 Å². The predicted octanol–water partition coefficient (Wildman–Crippen LogP) is 3.29. The molecule has 0 spiro atoms. The van der Waals surface area contributed by atoms with Gasteiger partial charge >= 0.3 is 11.8 Å². The normalized spacial score (nSPS) is 10.1. The molecule has 1 aromatic carbocycles. The third-order valence-corrected chi connectivity index (χ3v) is 3.12. The Morgan fingerprint density at radius 2 is 1.90 bits per heavy atom. The van der Waals surface area contributed by atoms with Gasteiger partial charge in [0.05, 0.1) is 9.95 Å².